The number of thiophene rings is 1. The first-order chi connectivity index (χ1) is 15.1. The highest BCUT2D eigenvalue weighted by atomic mass is 32.1. The van der Waals surface area contributed by atoms with Crippen LogP contribution in [0.2, 0.25) is 0 Å². The van der Waals surface area contributed by atoms with Gasteiger partial charge in [0.2, 0.25) is 0 Å². The fourth-order valence-electron chi connectivity index (χ4n) is 3.34. The molecule has 2 N–H and O–H groups in total. The summed E-state index contributed by atoms with van der Waals surface area (Å²) < 4.78 is 5.31. The number of benzene rings is 2. The van der Waals surface area contributed by atoms with Gasteiger partial charge in [-0.3, -0.25) is 4.79 Å². The number of nitrogens with zero attached hydrogens (tertiary/aromatic N) is 1. The van der Waals surface area contributed by atoms with Crippen LogP contribution < -0.4 is 15.4 Å². The number of hydrogen-bond donors (Lipinski definition) is 2. The van der Waals surface area contributed by atoms with Crippen LogP contribution in [0.1, 0.15) is 32.4 Å². The maximum atomic E-state index is 12.8. The van der Waals surface area contributed by atoms with Gasteiger partial charge in [-0.05, 0) is 55.0 Å². The summed E-state index contributed by atoms with van der Waals surface area (Å²) >= 11 is 1.56. The first-order valence-electron chi connectivity index (χ1n) is 9.92. The van der Waals surface area contributed by atoms with Gasteiger partial charge in [-0.2, -0.15) is 0 Å². The van der Waals surface area contributed by atoms with E-state index >= 15 is 0 Å². The zero-order valence-electron chi connectivity index (χ0n) is 17.3. The number of ether oxygens (including phenoxy) is 1. The van der Waals surface area contributed by atoms with E-state index < -0.39 is 0 Å². The largest absolute Gasteiger partial charge is 0.497 e. The Balaban J connectivity index is 1.71. The highest BCUT2D eigenvalue weighted by Gasteiger charge is 2.22. The van der Waals surface area contributed by atoms with Gasteiger partial charge in [0.25, 0.3) is 5.91 Å². The van der Waals surface area contributed by atoms with Crippen LogP contribution in [0, 0.1) is 6.92 Å². The summed E-state index contributed by atoms with van der Waals surface area (Å²) in [5.41, 5.74) is 2.65. The van der Waals surface area contributed by atoms with Crippen molar-refractivity contribution in [2.24, 2.45) is 0 Å². The molecule has 6 heteroatoms. The summed E-state index contributed by atoms with van der Waals surface area (Å²) in [7, 11) is 1.65. The van der Waals surface area contributed by atoms with Crippen LogP contribution in [0.3, 0.4) is 0 Å². The van der Waals surface area contributed by atoms with Gasteiger partial charge < -0.3 is 15.4 Å². The van der Waals surface area contributed by atoms with E-state index in [-0.39, 0.29) is 11.9 Å². The van der Waals surface area contributed by atoms with Gasteiger partial charge >= 0.3 is 0 Å². The Morgan fingerprint density at radius 2 is 1.74 bits per heavy atom. The molecule has 4 rings (SSSR count). The molecule has 0 aliphatic heterocycles. The van der Waals surface area contributed by atoms with Crippen molar-refractivity contribution < 1.29 is 9.53 Å². The van der Waals surface area contributed by atoms with Gasteiger partial charge in [-0.15, -0.1) is 11.3 Å². The summed E-state index contributed by atoms with van der Waals surface area (Å²) in [6, 6.07) is 24.8. The molecule has 0 saturated carbocycles. The lowest BCUT2D eigenvalue weighted by molar-refractivity contribution is 0.102. The van der Waals surface area contributed by atoms with Gasteiger partial charge in [-0.1, -0.05) is 36.4 Å². The minimum absolute atomic E-state index is 0.130. The van der Waals surface area contributed by atoms with E-state index in [1.165, 1.54) is 0 Å². The fourth-order valence-corrected chi connectivity index (χ4v) is 4.29. The molecule has 0 saturated heterocycles. The fraction of sp³-hybridized carbons (Fsp3) is 0.120. The van der Waals surface area contributed by atoms with E-state index in [0.29, 0.717) is 5.56 Å². The molecule has 0 aliphatic carbocycles. The highest BCUT2D eigenvalue weighted by Crippen LogP contribution is 2.38. The molecule has 0 bridgehead atoms. The number of nitrogens with one attached hydrogen (secondary N) is 2. The topological polar surface area (TPSA) is 63.2 Å². The summed E-state index contributed by atoms with van der Waals surface area (Å²) in [4.78, 5) is 18.4. The Morgan fingerprint density at radius 3 is 2.42 bits per heavy atom. The Hall–Kier alpha value is -3.64. The predicted octanol–water partition coefficient (Wildman–Crippen LogP) is 5.91. The molecule has 0 radical (unpaired) electrons. The number of carbonyl (C=O) groups is 1. The maximum absolute atomic E-state index is 12.8. The molecule has 1 amide bonds. The minimum atomic E-state index is -0.197. The van der Waals surface area contributed by atoms with Crippen LogP contribution in [0.25, 0.3) is 0 Å². The van der Waals surface area contributed by atoms with Crippen LogP contribution in [0.5, 0.6) is 5.75 Å². The van der Waals surface area contributed by atoms with Gasteiger partial charge in [0, 0.05) is 22.2 Å². The molecule has 2 heterocycles. The average Bonchev–Trinajstić information content (AvgIpc) is 3.18. The van der Waals surface area contributed by atoms with E-state index in [9.17, 15) is 4.79 Å². The van der Waals surface area contributed by atoms with Crippen LogP contribution in [0.4, 0.5) is 10.8 Å². The molecule has 0 unspecified atom stereocenters. The van der Waals surface area contributed by atoms with Gasteiger partial charge in [0.1, 0.15) is 16.6 Å². The summed E-state index contributed by atoms with van der Waals surface area (Å²) in [6.07, 6.45) is 1.75. The van der Waals surface area contributed by atoms with Crippen LogP contribution in [-0.4, -0.2) is 18.0 Å². The third-order valence-corrected chi connectivity index (χ3v) is 5.85. The van der Waals surface area contributed by atoms with Crippen molar-refractivity contribution in [2.45, 2.75) is 13.0 Å². The first kappa shape index (κ1) is 20.6. The number of anilines is 2. The van der Waals surface area contributed by atoms with Crippen LogP contribution in [0.15, 0.2) is 85.1 Å². The number of aryl methyl sites for hydroxylation is 1. The number of aromatic nitrogens is 1. The van der Waals surface area contributed by atoms with Crippen molar-refractivity contribution in [3.8, 4) is 5.75 Å². The molecular weight excluding hydrogens is 406 g/mol. The van der Waals surface area contributed by atoms with Crippen LogP contribution >= 0.6 is 11.3 Å². The SMILES string of the molecule is COc1ccc([C@H](Nc2ccccn2)c2cc(C)sc2NC(=O)c2ccccc2)cc1. The molecule has 5 nitrogen and oxygen atoms in total. The first-order valence-corrected chi connectivity index (χ1v) is 10.7. The van der Waals surface area contributed by atoms with Crippen molar-refractivity contribution in [2.75, 3.05) is 17.7 Å². The molecule has 31 heavy (non-hydrogen) atoms. The lowest BCUT2D eigenvalue weighted by Gasteiger charge is -2.21. The van der Waals surface area contributed by atoms with Gasteiger partial charge in [-0.25, -0.2) is 4.98 Å². The molecular formula is C25H23N3O2S. The Bertz CT molecular complexity index is 1140. The number of hydrogen-bond acceptors (Lipinski definition) is 5. The van der Waals surface area contributed by atoms with Crippen molar-refractivity contribution in [3.63, 3.8) is 0 Å². The van der Waals surface area contributed by atoms with E-state index in [4.69, 9.17) is 4.74 Å². The van der Waals surface area contributed by atoms with Crippen LogP contribution in [-0.2, 0) is 0 Å². The number of pyridine rings is 1. The quantitative estimate of drug-likeness (QED) is 0.383. The number of carbonyl (C=O) groups excluding carboxylic acids is 1. The summed E-state index contributed by atoms with van der Waals surface area (Å²) in [5, 5.41) is 7.44. The second-order valence-electron chi connectivity index (χ2n) is 7.03. The Kier molecular flexibility index (Phi) is 6.29. The molecule has 1 atom stereocenters. The zero-order chi connectivity index (χ0) is 21.6. The smallest absolute Gasteiger partial charge is 0.256 e. The van der Waals surface area contributed by atoms with Crippen molar-refractivity contribution >= 4 is 28.1 Å². The number of rotatable bonds is 7. The Labute approximate surface area is 185 Å². The lowest BCUT2D eigenvalue weighted by atomic mass is 9.99. The Morgan fingerprint density at radius 1 is 1.00 bits per heavy atom. The summed E-state index contributed by atoms with van der Waals surface area (Å²) in [6.45, 7) is 2.04. The number of amides is 1. The summed E-state index contributed by atoms with van der Waals surface area (Å²) in [5.74, 6) is 1.42. The normalized spacial score (nSPS) is 11.5. The standard InChI is InChI=1S/C25H23N3O2S/c1-17-16-21(25(31-17)28-24(29)19-8-4-3-5-9-19)23(27-22-10-6-7-15-26-22)18-11-13-20(30-2)14-12-18/h3-16,23H,1-2H3,(H,26,27)(H,28,29)/t23-/m0/s1. The molecule has 4 aromatic rings. The monoisotopic (exact) mass is 429 g/mol. The number of methoxy groups -OCH3 is 1. The maximum Gasteiger partial charge on any atom is 0.256 e. The zero-order valence-corrected chi connectivity index (χ0v) is 18.1. The molecule has 2 aromatic heterocycles. The molecule has 0 aliphatic rings. The van der Waals surface area contributed by atoms with E-state index in [0.717, 1.165) is 32.6 Å². The second-order valence-corrected chi connectivity index (χ2v) is 8.28. The lowest BCUT2D eigenvalue weighted by Crippen LogP contribution is -2.17. The van der Waals surface area contributed by atoms with E-state index in [2.05, 4.69) is 21.7 Å². The van der Waals surface area contributed by atoms with Gasteiger partial charge in [0.15, 0.2) is 0 Å². The third kappa shape index (κ3) is 4.92. The third-order valence-electron chi connectivity index (χ3n) is 4.86. The van der Waals surface area contributed by atoms with Crippen molar-refractivity contribution in [1.29, 1.82) is 0 Å². The van der Waals surface area contributed by atoms with E-state index in [1.807, 2.05) is 79.7 Å². The van der Waals surface area contributed by atoms with Gasteiger partial charge in [0.05, 0.1) is 13.2 Å². The molecule has 0 spiro atoms. The highest BCUT2D eigenvalue weighted by molar-refractivity contribution is 7.16. The molecule has 2 aromatic carbocycles. The minimum Gasteiger partial charge on any atom is -0.497 e. The van der Waals surface area contributed by atoms with E-state index in [1.54, 1.807) is 24.6 Å². The molecule has 0 fully saturated rings. The van der Waals surface area contributed by atoms with Crippen molar-refractivity contribution in [1.82, 2.24) is 4.98 Å². The molecule has 156 valence electrons. The predicted molar refractivity (Wildman–Crippen MR) is 126 cm³/mol. The van der Waals surface area contributed by atoms with Crippen molar-refractivity contribution in [3.05, 3.63) is 107 Å². The average molecular weight is 430 g/mol. The second kappa shape index (κ2) is 9.45.